The Labute approximate surface area is 131 Å². The second-order valence-electron chi connectivity index (χ2n) is 5.64. The molecular weight excluding hydrogens is 310 g/mol. The Kier molecular flexibility index (Phi) is 5.27. The van der Waals surface area contributed by atoms with E-state index < -0.39 is 10.0 Å². The molecule has 0 amide bonds. The molecule has 1 fully saturated rings. The highest BCUT2D eigenvalue weighted by molar-refractivity contribution is 7.89. The molecule has 7 heteroatoms. The van der Waals surface area contributed by atoms with Crippen LogP contribution in [0.4, 0.5) is 0 Å². The zero-order chi connectivity index (χ0) is 15.6. The first-order valence-corrected chi connectivity index (χ1v) is 8.83. The summed E-state index contributed by atoms with van der Waals surface area (Å²) in [4.78, 5) is 2.18. The van der Waals surface area contributed by atoms with E-state index in [4.69, 9.17) is 17.3 Å². The Hall–Kier alpha value is -0.660. The quantitative estimate of drug-likeness (QED) is 0.888. The highest BCUT2D eigenvalue weighted by atomic mass is 35.5. The number of hydrogen-bond donors (Lipinski definition) is 1. The molecule has 1 saturated heterocycles. The van der Waals surface area contributed by atoms with E-state index >= 15 is 0 Å². The zero-order valence-corrected chi connectivity index (χ0v) is 14.0. The molecule has 1 aliphatic rings. The van der Waals surface area contributed by atoms with E-state index in [0.717, 1.165) is 24.9 Å². The van der Waals surface area contributed by atoms with Crippen LogP contribution in [-0.4, -0.2) is 50.8 Å². The minimum absolute atomic E-state index is 0.00949. The SMILES string of the molecule is CN(C)CC1CCCN1S(=O)(=O)c1ccc(CN)cc1Cl. The Morgan fingerprint density at radius 2 is 2.14 bits per heavy atom. The summed E-state index contributed by atoms with van der Waals surface area (Å²) < 4.78 is 27.3. The zero-order valence-electron chi connectivity index (χ0n) is 12.4. The second kappa shape index (κ2) is 6.62. The third-order valence-corrected chi connectivity index (χ3v) is 6.15. The fraction of sp³-hybridized carbons (Fsp3) is 0.571. The van der Waals surface area contributed by atoms with Crippen LogP contribution in [0, 0.1) is 0 Å². The van der Waals surface area contributed by atoms with E-state index in [1.54, 1.807) is 22.5 Å². The van der Waals surface area contributed by atoms with Crippen molar-refractivity contribution in [2.24, 2.45) is 5.73 Å². The van der Waals surface area contributed by atoms with Crippen LogP contribution in [0.1, 0.15) is 18.4 Å². The number of hydrogen-bond acceptors (Lipinski definition) is 4. The number of halogens is 1. The molecule has 0 radical (unpaired) electrons. The van der Waals surface area contributed by atoms with Crippen molar-refractivity contribution in [1.29, 1.82) is 0 Å². The number of nitrogens with two attached hydrogens (primary N) is 1. The van der Waals surface area contributed by atoms with Crippen LogP contribution >= 0.6 is 11.6 Å². The minimum atomic E-state index is -3.56. The summed E-state index contributed by atoms with van der Waals surface area (Å²) in [7, 11) is 0.346. The van der Waals surface area contributed by atoms with E-state index in [0.29, 0.717) is 13.1 Å². The molecule has 1 aromatic carbocycles. The first-order chi connectivity index (χ1) is 9.86. The van der Waals surface area contributed by atoms with Crippen molar-refractivity contribution in [3.8, 4) is 0 Å². The number of rotatable bonds is 5. The summed E-state index contributed by atoms with van der Waals surface area (Å²) in [5.41, 5.74) is 6.38. The normalized spacial score (nSPS) is 20.3. The summed E-state index contributed by atoms with van der Waals surface area (Å²) >= 11 is 6.15. The number of nitrogens with zero attached hydrogens (tertiary/aromatic N) is 2. The van der Waals surface area contributed by atoms with Gasteiger partial charge in [-0.25, -0.2) is 8.42 Å². The minimum Gasteiger partial charge on any atom is -0.326 e. The highest BCUT2D eigenvalue weighted by Crippen LogP contribution is 2.30. The van der Waals surface area contributed by atoms with Crippen molar-refractivity contribution < 1.29 is 8.42 Å². The number of likely N-dealkylation sites (N-methyl/N-ethyl adjacent to an activating group) is 1. The summed E-state index contributed by atoms with van der Waals surface area (Å²) in [6, 6.07) is 4.92. The maximum absolute atomic E-state index is 12.8. The van der Waals surface area contributed by atoms with Gasteiger partial charge in [0, 0.05) is 25.7 Å². The lowest BCUT2D eigenvalue weighted by molar-refractivity contribution is 0.291. The second-order valence-corrected chi connectivity index (χ2v) is 7.91. The highest BCUT2D eigenvalue weighted by Gasteiger charge is 2.36. The number of benzene rings is 1. The van der Waals surface area contributed by atoms with Crippen molar-refractivity contribution in [1.82, 2.24) is 9.21 Å². The standard InChI is InChI=1S/C14H22ClN3O2S/c1-17(2)10-12-4-3-7-18(12)21(19,20)14-6-5-11(9-16)8-13(14)15/h5-6,8,12H,3-4,7,9-10,16H2,1-2H3. The number of sulfonamides is 1. The summed E-state index contributed by atoms with van der Waals surface area (Å²) in [5.74, 6) is 0. The van der Waals surface area contributed by atoms with Gasteiger partial charge >= 0.3 is 0 Å². The Morgan fingerprint density at radius 3 is 2.71 bits per heavy atom. The predicted molar refractivity (Wildman–Crippen MR) is 84.8 cm³/mol. The lowest BCUT2D eigenvalue weighted by Gasteiger charge is -2.26. The lowest BCUT2D eigenvalue weighted by atomic mass is 10.2. The molecule has 0 saturated carbocycles. The fourth-order valence-corrected chi connectivity index (χ4v) is 4.96. The predicted octanol–water partition coefficient (Wildman–Crippen LogP) is 1.51. The molecule has 118 valence electrons. The molecule has 2 rings (SSSR count). The monoisotopic (exact) mass is 331 g/mol. The first kappa shape index (κ1) is 16.7. The van der Waals surface area contributed by atoms with E-state index in [-0.39, 0.29) is 16.0 Å². The molecule has 0 bridgehead atoms. The lowest BCUT2D eigenvalue weighted by Crippen LogP contribution is -2.41. The molecule has 2 N–H and O–H groups in total. The van der Waals surface area contributed by atoms with E-state index in [1.165, 1.54) is 0 Å². The third kappa shape index (κ3) is 3.57. The maximum Gasteiger partial charge on any atom is 0.244 e. The molecule has 1 unspecified atom stereocenters. The van der Waals surface area contributed by atoms with Gasteiger partial charge in [-0.3, -0.25) is 0 Å². The van der Waals surface area contributed by atoms with E-state index in [9.17, 15) is 8.42 Å². The first-order valence-electron chi connectivity index (χ1n) is 7.01. The van der Waals surface area contributed by atoms with Gasteiger partial charge in [-0.1, -0.05) is 17.7 Å². The van der Waals surface area contributed by atoms with Gasteiger partial charge in [-0.05, 0) is 44.6 Å². The van der Waals surface area contributed by atoms with Crippen molar-refractivity contribution in [2.45, 2.75) is 30.3 Å². The summed E-state index contributed by atoms with van der Waals surface area (Å²) in [6.45, 7) is 1.61. The average Bonchev–Trinajstić information content (AvgIpc) is 2.86. The summed E-state index contributed by atoms with van der Waals surface area (Å²) in [6.07, 6.45) is 1.77. The van der Waals surface area contributed by atoms with Gasteiger partial charge < -0.3 is 10.6 Å². The molecule has 5 nitrogen and oxygen atoms in total. The van der Waals surface area contributed by atoms with Crippen LogP contribution in [0.2, 0.25) is 5.02 Å². The Balaban J connectivity index is 2.33. The van der Waals surface area contributed by atoms with Gasteiger partial charge in [-0.15, -0.1) is 0 Å². The van der Waals surface area contributed by atoms with Gasteiger partial charge in [0.1, 0.15) is 4.90 Å². The Morgan fingerprint density at radius 1 is 1.43 bits per heavy atom. The van der Waals surface area contributed by atoms with Crippen LogP contribution < -0.4 is 5.73 Å². The average molecular weight is 332 g/mol. The molecule has 1 aliphatic heterocycles. The molecule has 0 spiro atoms. The van der Waals surface area contributed by atoms with Crippen molar-refractivity contribution in [2.75, 3.05) is 27.2 Å². The molecular formula is C14H22ClN3O2S. The fourth-order valence-electron chi connectivity index (χ4n) is 2.74. The van der Waals surface area contributed by atoms with Gasteiger partial charge in [-0.2, -0.15) is 4.31 Å². The summed E-state index contributed by atoms with van der Waals surface area (Å²) in [5, 5.41) is 0.244. The molecule has 21 heavy (non-hydrogen) atoms. The van der Waals surface area contributed by atoms with Crippen molar-refractivity contribution >= 4 is 21.6 Å². The molecule has 1 heterocycles. The van der Waals surface area contributed by atoms with Crippen LogP contribution in [0.25, 0.3) is 0 Å². The van der Waals surface area contributed by atoms with Crippen molar-refractivity contribution in [3.63, 3.8) is 0 Å². The van der Waals surface area contributed by atoms with Crippen LogP contribution in [-0.2, 0) is 16.6 Å². The van der Waals surface area contributed by atoms with Crippen LogP contribution in [0.3, 0.4) is 0 Å². The molecule has 0 aromatic heterocycles. The van der Waals surface area contributed by atoms with Gasteiger partial charge in [0.2, 0.25) is 10.0 Å². The molecule has 0 aliphatic carbocycles. The smallest absolute Gasteiger partial charge is 0.244 e. The van der Waals surface area contributed by atoms with Crippen LogP contribution in [0.15, 0.2) is 23.1 Å². The third-order valence-electron chi connectivity index (χ3n) is 3.72. The molecule has 1 atom stereocenters. The van der Waals surface area contributed by atoms with Gasteiger partial charge in [0.25, 0.3) is 0 Å². The van der Waals surface area contributed by atoms with Gasteiger partial charge in [0.15, 0.2) is 0 Å². The maximum atomic E-state index is 12.8. The van der Waals surface area contributed by atoms with E-state index in [1.807, 2.05) is 19.0 Å². The molecule has 1 aromatic rings. The largest absolute Gasteiger partial charge is 0.326 e. The van der Waals surface area contributed by atoms with Crippen LogP contribution in [0.5, 0.6) is 0 Å². The van der Waals surface area contributed by atoms with Crippen molar-refractivity contribution in [3.05, 3.63) is 28.8 Å². The van der Waals surface area contributed by atoms with Gasteiger partial charge in [0.05, 0.1) is 5.02 Å². The van der Waals surface area contributed by atoms with E-state index in [2.05, 4.69) is 0 Å². The topological polar surface area (TPSA) is 66.6 Å². The Bertz CT molecular complexity index is 604.